The van der Waals surface area contributed by atoms with Crippen LogP contribution >= 0.6 is 12.6 Å². The third-order valence-electron chi connectivity index (χ3n) is 20.4. The van der Waals surface area contributed by atoms with Gasteiger partial charge in [0.2, 0.25) is 35.4 Å². The van der Waals surface area contributed by atoms with Gasteiger partial charge in [0.05, 0.1) is 107 Å². The Hall–Kier alpha value is -6.90. The molecule has 38 nitrogen and oxygen atoms in total. The number of carboxylic acids is 1. The molecule has 1 fully saturated rings. The van der Waals surface area contributed by atoms with Crippen molar-refractivity contribution in [2.24, 2.45) is 29.4 Å². The number of likely N-dealkylation sites (N-methyl/N-ethyl adjacent to an activating group) is 1. The van der Waals surface area contributed by atoms with Crippen molar-refractivity contribution < 1.29 is 150 Å². The Labute approximate surface area is 760 Å². The van der Waals surface area contributed by atoms with Crippen LogP contribution in [0.25, 0.3) is 0 Å². The summed E-state index contributed by atoms with van der Waals surface area (Å²) < 4.78 is 74.1. The molecule has 742 valence electrons. The number of carbonyl (C=O) groups excluding carboxylic acids is 10. The topological polar surface area (TPSA) is 519 Å². The summed E-state index contributed by atoms with van der Waals surface area (Å²) in [6.07, 6.45) is 0.451. The van der Waals surface area contributed by atoms with Crippen LogP contribution in [-0.4, -0.2) is 332 Å². The average Bonchev–Trinajstić information content (AvgIpc) is 1.77. The zero-order valence-electron chi connectivity index (χ0n) is 77.3. The summed E-state index contributed by atoms with van der Waals surface area (Å²) in [4.78, 5) is 142. The number of nitrogens with zero attached hydrogens (tertiary/aromatic N) is 2. The molecule has 127 heavy (non-hydrogen) atoms. The number of carbonyl (C=O) groups is 11. The van der Waals surface area contributed by atoms with Gasteiger partial charge in [-0.05, 0) is 87.5 Å². The molecule has 39 heteroatoms. The lowest BCUT2D eigenvalue weighted by Crippen LogP contribution is -2.59. The number of methoxy groups -OCH3 is 6. The highest BCUT2D eigenvalue weighted by atomic mass is 32.1. The zero-order chi connectivity index (χ0) is 94.9. The van der Waals surface area contributed by atoms with Gasteiger partial charge in [0.15, 0.2) is 25.2 Å². The van der Waals surface area contributed by atoms with Crippen molar-refractivity contribution in [3.63, 3.8) is 0 Å². The molecular weight excluding hydrogens is 1680 g/mol. The molecule has 1 aliphatic rings. The first-order chi connectivity index (χ1) is 59.6. The maximum atomic E-state index is 14.4. The number of hydrogen-bond donors (Lipinski definition) is 12. The first kappa shape index (κ1) is 126. The van der Waals surface area contributed by atoms with Gasteiger partial charge in [0.25, 0.3) is 0 Å². The van der Waals surface area contributed by atoms with Gasteiger partial charge in [-0.2, -0.15) is 12.6 Å². The lowest BCUT2D eigenvalue weighted by Gasteiger charge is -2.41. The van der Waals surface area contributed by atoms with Crippen molar-refractivity contribution in [3.05, 3.63) is 35.9 Å². The number of amides is 6. The van der Waals surface area contributed by atoms with Gasteiger partial charge < -0.3 is 134 Å². The van der Waals surface area contributed by atoms with E-state index in [1.54, 1.807) is 23.8 Å². The smallest absolute Gasteiger partial charge is 0.328 e. The van der Waals surface area contributed by atoms with Gasteiger partial charge in [0.1, 0.15) is 31.9 Å². The summed E-state index contributed by atoms with van der Waals surface area (Å²) in [6.45, 7) is 20.7. The van der Waals surface area contributed by atoms with Gasteiger partial charge in [-0.3, -0.25) is 47.9 Å². The summed E-state index contributed by atoms with van der Waals surface area (Å²) in [5.41, 5.74) is 6.92. The highest BCUT2D eigenvalue weighted by Crippen LogP contribution is 2.30. The minimum atomic E-state index is -1.06. The van der Waals surface area contributed by atoms with Gasteiger partial charge in [0, 0.05) is 120 Å². The molecule has 1 aromatic carbocycles. The molecule has 0 saturated carbocycles. The molecule has 6 amide bonds. The van der Waals surface area contributed by atoms with Crippen LogP contribution in [0.5, 0.6) is 0 Å². The van der Waals surface area contributed by atoms with Crippen molar-refractivity contribution in [2.75, 3.05) is 135 Å². The highest BCUT2D eigenvalue weighted by molar-refractivity contribution is 7.80. The maximum absolute atomic E-state index is 14.4. The summed E-state index contributed by atoms with van der Waals surface area (Å²) in [7, 11) is 10.4. The van der Waals surface area contributed by atoms with Crippen LogP contribution in [0.3, 0.4) is 0 Å². The molecule has 0 radical (unpaired) electrons. The first-order valence-corrected chi connectivity index (χ1v) is 44.0. The number of likely N-dealkylation sites (tertiary alicyclic amines) is 1. The van der Waals surface area contributed by atoms with E-state index < -0.39 is 121 Å². The van der Waals surface area contributed by atoms with Crippen LogP contribution in [-0.2, 0) is 125 Å². The monoisotopic (exact) mass is 1850 g/mol. The van der Waals surface area contributed by atoms with Crippen molar-refractivity contribution in [1.82, 2.24) is 31.1 Å². The third kappa shape index (κ3) is 55.1. The van der Waals surface area contributed by atoms with Crippen LogP contribution in [0.1, 0.15) is 212 Å². The Bertz CT molecular complexity index is 3060. The average molecular weight is 1850 g/mol. The quantitative estimate of drug-likeness (QED) is 0.0129. The van der Waals surface area contributed by atoms with E-state index in [0.29, 0.717) is 76.6 Å². The van der Waals surface area contributed by atoms with Crippen molar-refractivity contribution in [3.8, 4) is 0 Å². The fourth-order valence-electron chi connectivity index (χ4n) is 12.3. The number of hydrogen-bond acceptors (Lipinski definition) is 32. The van der Waals surface area contributed by atoms with E-state index in [4.69, 9.17) is 97.6 Å². The molecule has 1 heterocycles. The van der Waals surface area contributed by atoms with E-state index >= 15 is 0 Å². The lowest BCUT2D eigenvalue weighted by atomic mass is 9.89. The molecule has 8 unspecified atom stereocenters. The summed E-state index contributed by atoms with van der Waals surface area (Å²) in [6, 6.07) is 5.48. The van der Waals surface area contributed by atoms with Crippen molar-refractivity contribution in [2.45, 2.75) is 305 Å². The Balaban J connectivity index is -0.00000112. The van der Waals surface area contributed by atoms with E-state index in [1.807, 2.05) is 99.6 Å². The summed E-state index contributed by atoms with van der Waals surface area (Å²) in [5.74, 6) is -5.53. The largest absolute Gasteiger partial charge is 0.481 e. The van der Waals surface area contributed by atoms with Crippen LogP contribution in [0, 0.1) is 23.7 Å². The molecule has 0 bridgehead atoms. The molecule has 17 atom stereocenters. The fraction of sp³-hybridized carbons (Fsp3) is 0.807. The van der Waals surface area contributed by atoms with Gasteiger partial charge >= 0.3 is 29.8 Å². The third-order valence-corrected chi connectivity index (χ3v) is 20.6. The Kier molecular flexibility index (Phi) is 76.4. The Morgan fingerprint density at radius 1 is 0.535 bits per heavy atom. The number of thiol groups is 1. The van der Waals surface area contributed by atoms with Crippen LogP contribution in [0.4, 0.5) is 0 Å². The number of nitrogens with two attached hydrogens (primary N) is 1. The van der Waals surface area contributed by atoms with Gasteiger partial charge in [-0.15, -0.1) is 0 Å². The second-order valence-electron chi connectivity index (χ2n) is 30.5. The zero-order valence-corrected chi connectivity index (χ0v) is 78.2. The summed E-state index contributed by atoms with van der Waals surface area (Å²) >= 11 is 3.98. The molecule has 1 aromatic rings. The van der Waals surface area contributed by atoms with E-state index in [9.17, 15) is 57.8 Å². The van der Waals surface area contributed by atoms with Crippen LogP contribution < -0.4 is 27.0 Å². The number of nitrogens with one attached hydrogen (secondary N) is 4. The van der Waals surface area contributed by atoms with Crippen LogP contribution in [0.15, 0.2) is 30.3 Å². The van der Waals surface area contributed by atoms with E-state index in [0.717, 1.165) is 5.56 Å². The number of aliphatic carboxylic acids is 1. The minimum absolute atomic E-state index is 0. The number of ether oxygens (including phenoxy) is 14. The SMILES string of the molecule is C.C.CCC(CO)OC(CO)OC.CCC(CO)OC(COC(=O)CCCC(=O)NCCCOC(=O)[C@H](Cc1ccccc1)NC(=O)[C@H](C)[C@@H](OC)[C@@H]1CCCN1C(=O)C[C@@H](OC)[C@H]([C@@H](C)CC)N(C)C(=O)[C@H](NC(=O)[C@@H](N)C(C)C)C(C)C)OC.CCC(CO)OC(COC(=O)CCCC(=O)NCCS)OC.CCC(CO)OC(COC(=O)CCCC(=O)O)OC. The molecule has 2 rings (SSSR count). The van der Waals surface area contributed by atoms with Crippen molar-refractivity contribution in [1.29, 1.82) is 0 Å². The fourth-order valence-corrected chi connectivity index (χ4v) is 12.5. The first-order valence-electron chi connectivity index (χ1n) is 43.4. The normalized spacial score (nSPS) is 16.1. The summed E-state index contributed by atoms with van der Waals surface area (Å²) in [5, 5.41) is 64.3. The second kappa shape index (κ2) is 76.8. The molecule has 0 aliphatic carbocycles. The standard InChI is InChI=1S/C53H90N6O14.C14H27NO6S.C12H22O7.C7H16O4.2CH4/c1-13-35(7)48(58(9)52(66)47(34(5)6)57-51(65)46(54)33(3)4)41(68-10)30-43(62)59-27-19-23-40(59)49(70-12)36(8)50(64)56-39(29-37-21-16-15-17-22-37)53(67)71-28-20-26-55-42(61)24-18-25-44(63)72-32-45(69-11)73-38(14-2)31-60;1-3-11(9-16)21-14(19-2)10-20-13(18)6-4-5-12(17)15-7-8-22;1-3-9(7-13)19-12(17-2)8-18-11(16)6-4-5-10(14)15;1-3-6(4-8)11-7(5-9)10-2;;/h15-17,21-22,33-36,38-41,45-49,60H,13-14,18-20,23-32,54H2,1-12H3,(H,55,61)(H,56,64)(H,57,65);11,14,16,22H,3-10H2,1-2H3,(H,15,17);9,12-13H,3-8H2,1-2H3,(H,14,15);6-9H,3-5H2,1-2H3;2*1H4/t35-,36+,38?,39-,40-,41+,45?,46-,47+,48-,49+;;;;;/m0...../s1. The van der Waals surface area contributed by atoms with E-state index in [2.05, 4.69) is 33.9 Å². The highest BCUT2D eigenvalue weighted by Gasteiger charge is 2.44. The number of aliphatic hydroxyl groups is 5. The van der Waals surface area contributed by atoms with Crippen LogP contribution in [0.2, 0.25) is 0 Å². The predicted molar refractivity (Wildman–Crippen MR) is 478 cm³/mol. The molecule has 12 N–H and O–H groups in total. The number of esters is 4. The minimum Gasteiger partial charge on any atom is -0.481 e. The van der Waals surface area contributed by atoms with Crippen molar-refractivity contribution >= 4 is 77.9 Å². The van der Waals surface area contributed by atoms with Gasteiger partial charge in [-0.1, -0.05) is 128 Å². The number of benzene rings is 1. The number of aliphatic hydroxyl groups excluding tert-OH is 5. The lowest BCUT2D eigenvalue weighted by molar-refractivity contribution is -0.194. The number of carboxylic acid groups (broad SMARTS) is 1. The molecule has 0 spiro atoms. The van der Waals surface area contributed by atoms with Gasteiger partial charge in [-0.25, -0.2) is 4.79 Å². The second-order valence-corrected chi connectivity index (χ2v) is 31.0. The number of rotatable bonds is 65. The Morgan fingerprint density at radius 2 is 0.976 bits per heavy atom. The molecule has 0 aromatic heterocycles. The van der Waals surface area contributed by atoms with E-state index in [-0.39, 0.29) is 205 Å². The predicted octanol–water partition coefficient (Wildman–Crippen LogP) is 5.34. The molecule has 1 saturated heterocycles. The van der Waals surface area contributed by atoms with E-state index in [1.165, 1.54) is 42.7 Å². The Morgan fingerprint density at radius 3 is 1.35 bits per heavy atom. The molecular formula is C88H163N7O31S. The molecule has 1 aliphatic heterocycles. The maximum Gasteiger partial charge on any atom is 0.328 e.